The molecule has 2 rings (SSSR count). The molecule has 0 unspecified atom stereocenters. The van der Waals surface area contributed by atoms with Crippen LogP contribution in [-0.4, -0.2) is 12.1 Å². The van der Waals surface area contributed by atoms with Crippen molar-refractivity contribution in [3.05, 3.63) is 0 Å². The summed E-state index contributed by atoms with van der Waals surface area (Å²) >= 11 is 0. The van der Waals surface area contributed by atoms with E-state index in [1.54, 1.807) is 0 Å². The van der Waals surface area contributed by atoms with Gasteiger partial charge in [-0.1, -0.05) is 20.8 Å². The first-order chi connectivity index (χ1) is 6.04. The Hall–Kier alpha value is -0.530. The summed E-state index contributed by atoms with van der Waals surface area (Å²) in [5, 5.41) is 0. The molecule has 0 aromatic carbocycles. The Kier molecular flexibility index (Phi) is 1.90. The van der Waals surface area contributed by atoms with Crippen LogP contribution in [-0.2, 0) is 9.53 Å². The van der Waals surface area contributed by atoms with E-state index >= 15 is 0 Å². The largest absolute Gasteiger partial charge is 0.462 e. The van der Waals surface area contributed by atoms with Crippen molar-refractivity contribution in [2.75, 3.05) is 0 Å². The summed E-state index contributed by atoms with van der Waals surface area (Å²) in [5.74, 6) is 0.836. The summed E-state index contributed by atoms with van der Waals surface area (Å²) in [6.45, 7) is 6.47. The second-order valence-corrected chi connectivity index (χ2v) is 5.03. The second kappa shape index (κ2) is 2.73. The smallest absolute Gasteiger partial charge is 0.309 e. The third-order valence-corrected chi connectivity index (χ3v) is 4.13. The van der Waals surface area contributed by atoms with Gasteiger partial charge in [0.25, 0.3) is 0 Å². The van der Waals surface area contributed by atoms with E-state index < -0.39 is 0 Å². The fourth-order valence-corrected chi connectivity index (χ4v) is 2.66. The lowest BCUT2D eigenvalue weighted by Crippen LogP contribution is -2.37. The zero-order valence-electron chi connectivity index (χ0n) is 8.67. The number of hydrogen-bond acceptors (Lipinski definition) is 2. The van der Waals surface area contributed by atoms with Gasteiger partial charge in [-0.15, -0.1) is 0 Å². The highest BCUT2D eigenvalue weighted by molar-refractivity contribution is 5.75. The maximum absolute atomic E-state index is 11.4. The van der Waals surface area contributed by atoms with Crippen molar-refractivity contribution in [2.24, 2.45) is 17.3 Å². The Morgan fingerprint density at radius 1 is 1.46 bits per heavy atom. The van der Waals surface area contributed by atoms with Crippen molar-refractivity contribution in [2.45, 2.75) is 46.1 Å². The van der Waals surface area contributed by atoms with Crippen molar-refractivity contribution in [3.8, 4) is 0 Å². The standard InChI is InChI=1S/C11H18O2/c1-7-4-5-11(3)8(2)10(12)13-9(11)6-7/h7-9H,4-6H2,1-3H3/t7-,8+,9-,11-/m0/s1. The van der Waals surface area contributed by atoms with Gasteiger partial charge in [0.15, 0.2) is 0 Å². The van der Waals surface area contributed by atoms with Crippen LogP contribution >= 0.6 is 0 Å². The molecule has 0 aromatic heterocycles. The molecule has 1 heterocycles. The Morgan fingerprint density at radius 3 is 2.85 bits per heavy atom. The highest BCUT2D eigenvalue weighted by Crippen LogP contribution is 2.50. The minimum Gasteiger partial charge on any atom is -0.462 e. The van der Waals surface area contributed by atoms with Crippen LogP contribution in [0.15, 0.2) is 0 Å². The summed E-state index contributed by atoms with van der Waals surface area (Å²) in [5.41, 5.74) is 0.129. The van der Waals surface area contributed by atoms with Crippen LogP contribution in [0.2, 0.25) is 0 Å². The Balaban J connectivity index is 2.22. The van der Waals surface area contributed by atoms with Crippen molar-refractivity contribution >= 4 is 5.97 Å². The van der Waals surface area contributed by atoms with E-state index in [0.29, 0.717) is 0 Å². The van der Waals surface area contributed by atoms with Crippen LogP contribution < -0.4 is 0 Å². The lowest BCUT2D eigenvalue weighted by Gasteiger charge is -2.38. The molecule has 0 radical (unpaired) electrons. The second-order valence-electron chi connectivity index (χ2n) is 5.03. The van der Waals surface area contributed by atoms with Gasteiger partial charge in [0, 0.05) is 5.41 Å². The number of esters is 1. The zero-order chi connectivity index (χ0) is 9.64. The van der Waals surface area contributed by atoms with Gasteiger partial charge >= 0.3 is 5.97 Å². The van der Waals surface area contributed by atoms with E-state index in [2.05, 4.69) is 13.8 Å². The molecule has 2 heteroatoms. The first kappa shape index (κ1) is 9.04. The number of carbonyl (C=O) groups is 1. The average Bonchev–Trinajstić information content (AvgIpc) is 2.29. The van der Waals surface area contributed by atoms with Crippen LogP contribution in [0.5, 0.6) is 0 Å². The fraction of sp³-hybridized carbons (Fsp3) is 0.909. The molecular weight excluding hydrogens is 164 g/mol. The van der Waals surface area contributed by atoms with Gasteiger partial charge in [-0.05, 0) is 25.2 Å². The minimum atomic E-state index is 0.0154. The third-order valence-electron chi connectivity index (χ3n) is 4.13. The van der Waals surface area contributed by atoms with E-state index in [1.165, 1.54) is 6.42 Å². The average molecular weight is 182 g/mol. The van der Waals surface area contributed by atoms with E-state index in [0.717, 1.165) is 18.8 Å². The van der Waals surface area contributed by atoms with Crippen molar-refractivity contribution in [1.82, 2.24) is 0 Å². The number of fused-ring (bicyclic) bond motifs is 1. The summed E-state index contributed by atoms with van der Waals surface area (Å²) in [6.07, 6.45) is 3.64. The van der Waals surface area contributed by atoms with Crippen molar-refractivity contribution in [1.29, 1.82) is 0 Å². The highest BCUT2D eigenvalue weighted by Gasteiger charge is 2.53. The van der Waals surface area contributed by atoms with Gasteiger partial charge in [0.05, 0.1) is 5.92 Å². The molecule has 1 saturated carbocycles. The van der Waals surface area contributed by atoms with Crippen molar-refractivity contribution < 1.29 is 9.53 Å². The van der Waals surface area contributed by atoms with Gasteiger partial charge in [0.1, 0.15) is 6.10 Å². The molecule has 13 heavy (non-hydrogen) atoms. The molecule has 0 N–H and O–H groups in total. The summed E-state index contributed by atoms with van der Waals surface area (Å²) < 4.78 is 5.41. The van der Waals surface area contributed by atoms with Gasteiger partial charge in [-0.2, -0.15) is 0 Å². The number of rotatable bonds is 0. The molecule has 2 fully saturated rings. The molecule has 0 spiro atoms. The molecule has 4 atom stereocenters. The van der Waals surface area contributed by atoms with Gasteiger partial charge in [0.2, 0.25) is 0 Å². The first-order valence-corrected chi connectivity index (χ1v) is 5.24. The van der Waals surface area contributed by atoms with Crippen molar-refractivity contribution in [3.63, 3.8) is 0 Å². The predicted octanol–water partition coefficient (Wildman–Crippen LogP) is 2.37. The van der Waals surface area contributed by atoms with Crippen LogP contribution in [0.3, 0.4) is 0 Å². The lowest BCUT2D eigenvalue weighted by molar-refractivity contribution is -0.144. The van der Waals surface area contributed by atoms with E-state index in [9.17, 15) is 4.79 Å². The van der Waals surface area contributed by atoms with Gasteiger partial charge < -0.3 is 4.74 Å². The maximum Gasteiger partial charge on any atom is 0.309 e. The molecule has 1 aliphatic carbocycles. The number of carbonyl (C=O) groups excluding carboxylic acids is 1. The highest BCUT2D eigenvalue weighted by atomic mass is 16.6. The number of ether oxygens (including phenoxy) is 1. The van der Waals surface area contributed by atoms with Crippen LogP contribution in [0, 0.1) is 17.3 Å². The normalized spacial score (nSPS) is 50.1. The topological polar surface area (TPSA) is 26.3 Å². The molecule has 2 nitrogen and oxygen atoms in total. The van der Waals surface area contributed by atoms with E-state index in [4.69, 9.17) is 4.74 Å². The molecule has 1 saturated heterocycles. The van der Waals surface area contributed by atoms with Crippen LogP contribution in [0.4, 0.5) is 0 Å². The third kappa shape index (κ3) is 1.18. The molecule has 0 aromatic rings. The molecule has 0 amide bonds. The Labute approximate surface area is 79.7 Å². The fourth-order valence-electron chi connectivity index (χ4n) is 2.66. The minimum absolute atomic E-state index is 0.0154. The predicted molar refractivity (Wildman–Crippen MR) is 50.2 cm³/mol. The summed E-state index contributed by atoms with van der Waals surface area (Å²) in [7, 11) is 0. The summed E-state index contributed by atoms with van der Waals surface area (Å²) in [6, 6.07) is 0. The van der Waals surface area contributed by atoms with E-state index in [-0.39, 0.29) is 23.4 Å². The molecule has 0 bridgehead atoms. The molecule has 1 aliphatic heterocycles. The van der Waals surface area contributed by atoms with E-state index in [1.807, 2.05) is 6.92 Å². The Morgan fingerprint density at radius 2 is 2.15 bits per heavy atom. The maximum atomic E-state index is 11.4. The first-order valence-electron chi connectivity index (χ1n) is 5.24. The van der Waals surface area contributed by atoms with Gasteiger partial charge in [-0.25, -0.2) is 0 Å². The monoisotopic (exact) mass is 182 g/mol. The number of hydrogen-bond donors (Lipinski definition) is 0. The quantitative estimate of drug-likeness (QED) is 0.538. The zero-order valence-corrected chi connectivity index (χ0v) is 8.67. The molecule has 2 aliphatic rings. The SMILES string of the molecule is C[C@H]1CC[C@]2(C)[C@H](C1)OC(=O)[C@H]2C. The Bertz CT molecular complexity index is 236. The van der Waals surface area contributed by atoms with Crippen LogP contribution in [0.25, 0.3) is 0 Å². The van der Waals surface area contributed by atoms with Crippen LogP contribution in [0.1, 0.15) is 40.0 Å². The molecule has 74 valence electrons. The molecular formula is C11H18O2. The van der Waals surface area contributed by atoms with Gasteiger partial charge in [-0.3, -0.25) is 4.79 Å². The summed E-state index contributed by atoms with van der Waals surface area (Å²) in [4.78, 5) is 11.4. The lowest BCUT2D eigenvalue weighted by atomic mass is 9.65.